The fourth-order valence-electron chi connectivity index (χ4n) is 7.10. The highest BCUT2D eigenvalue weighted by molar-refractivity contribution is 7.94. The van der Waals surface area contributed by atoms with Gasteiger partial charge in [-0.2, -0.15) is 0 Å². The zero-order chi connectivity index (χ0) is 21.8. The SMILES string of the molecule is CC12CC=C3C4=C(CCC3C1CCC2=C=C[S+]([O-])c1ccccc1)CC1(CC4)OCCO1. The summed E-state index contributed by atoms with van der Waals surface area (Å²) in [6.45, 7) is 3.91. The lowest BCUT2D eigenvalue weighted by Crippen LogP contribution is -2.39. The van der Waals surface area contributed by atoms with Crippen LogP contribution in [0.4, 0.5) is 0 Å². The largest absolute Gasteiger partial charge is 0.606 e. The third-order valence-electron chi connectivity index (χ3n) is 8.74. The van der Waals surface area contributed by atoms with E-state index < -0.39 is 11.2 Å². The first kappa shape index (κ1) is 21.0. The van der Waals surface area contributed by atoms with E-state index in [2.05, 4.69) is 18.7 Å². The van der Waals surface area contributed by atoms with Crippen molar-refractivity contribution in [1.29, 1.82) is 0 Å². The van der Waals surface area contributed by atoms with Gasteiger partial charge in [0.25, 0.3) is 0 Å². The molecule has 0 radical (unpaired) electrons. The number of benzene rings is 1. The Morgan fingerprint density at radius 1 is 1.09 bits per heavy atom. The average molecular weight is 449 g/mol. The molecule has 0 aromatic heterocycles. The van der Waals surface area contributed by atoms with Gasteiger partial charge in [0.05, 0.1) is 13.2 Å². The Bertz CT molecular complexity index is 1030. The quantitative estimate of drug-likeness (QED) is 0.399. The van der Waals surface area contributed by atoms with Crippen LogP contribution < -0.4 is 0 Å². The Hall–Kier alpha value is -1.55. The maximum absolute atomic E-state index is 12.7. The van der Waals surface area contributed by atoms with Crippen LogP contribution in [-0.2, 0) is 20.6 Å². The molecule has 32 heavy (non-hydrogen) atoms. The molecule has 6 rings (SSSR count). The van der Waals surface area contributed by atoms with Gasteiger partial charge in [-0.25, -0.2) is 0 Å². The first-order valence-electron chi connectivity index (χ1n) is 12.2. The second kappa shape index (κ2) is 8.04. The van der Waals surface area contributed by atoms with Gasteiger partial charge < -0.3 is 14.0 Å². The Morgan fingerprint density at radius 2 is 1.91 bits per heavy atom. The van der Waals surface area contributed by atoms with E-state index in [-0.39, 0.29) is 11.2 Å². The van der Waals surface area contributed by atoms with Gasteiger partial charge in [0.1, 0.15) is 0 Å². The van der Waals surface area contributed by atoms with Crippen molar-refractivity contribution in [3.63, 3.8) is 0 Å². The zero-order valence-electron chi connectivity index (χ0n) is 18.9. The first-order chi connectivity index (χ1) is 15.6. The predicted octanol–water partition coefficient (Wildman–Crippen LogP) is 6.21. The van der Waals surface area contributed by atoms with Gasteiger partial charge in [0.2, 0.25) is 0 Å². The fraction of sp³-hybridized carbons (Fsp3) is 0.536. The standard InChI is InChI=1S/C28H32O3S/c1-27-14-11-24-23-12-15-28(30-16-17-31-28)19-20(23)7-9-25(24)26(27)10-8-21(27)13-18-32(29)22-5-3-2-4-6-22/h2-6,11,18,25-26H,7-10,12,14-17,19H2,1H3. The molecule has 4 aliphatic carbocycles. The van der Waals surface area contributed by atoms with Crippen molar-refractivity contribution in [2.75, 3.05) is 13.2 Å². The molecule has 1 aromatic rings. The first-order valence-corrected chi connectivity index (χ1v) is 13.4. The van der Waals surface area contributed by atoms with Crippen molar-refractivity contribution in [3.8, 4) is 0 Å². The van der Waals surface area contributed by atoms with Crippen molar-refractivity contribution >= 4 is 11.2 Å². The summed E-state index contributed by atoms with van der Waals surface area (Å²) < 4.78 is 24.8. The Labute approximate surface area is 194 Å². The van der Waals surface area contributed by atoms with Crippen LogP contribution in [-0.4, -0.2) is 23.6 Å². The van der Waals surface area contributed by atoms with Gasteiger partial charge in [0.15, 0.2) is 16.1 Å². The Balaban J connectivity index is 1.27. The minimum absolute atomic E-state index is 0.150. The molecule has 0 N–H and O–H groups in total. The summed E-state index contributed by atoms with van der Waals surface area (Å²) in [7, 11) is 0. The summed E-state index contributed by atoms with van der Waals surface area (Å²) in [5.74, 6) is 1.01. The maximum atomic E-state index is 12.7. The van der Waals surface area contributed by atoms with Crippen LogP contribution in [0.5, 0.6) is 0 Å². The second-order valence-corrected chi connectivity index (χ2v) is 11.6. The third kappa shape index (κ3) is 3.40. The van der Waals surface area contributed by atoms with Crippen LogP contribution in [0.2, 0.25) is 0 Å². The Kier molecular flexibility index (Phi) is 5.28. The number of fused-ring (bicyclic) bond motifs is 4. The third-order valence-corrected chi connectivity index (χ3v) is 9.81. The van der Waals surface area contributed by atoms with Gasteiger partial charge in [-0.15, -0.1) is 0 Å². The highest BCUT2D eigenvalue weighted by atomic mass is 32.2. The van der Waals surface area contributed by atoms with Gasteiger partial charge in [0, 0.05) is 29.4 Å². The highest BCUT2D eigenvalue weighted by Crippen LogP contribution is 2.61. The summed E-state index contributed by atoms with van der Waals surface area (Å²) in [5.41, 5.74) is 9.91. The van der Waals surface area contributed by atoms with E-state index in [1.54, 1.807) is 22.1 Å². The summed E-state index contributed by atoms with van der Waals surface area (Å²) >= 11 is -1.13. The van der Waals surface area contributed by atoms with E-state index in [1.165, 1.54) is 24.8 Å². The number of rotatable bonds is 2. The molecule has 1 heterocycles. The number of hydrogen-bond acceptors (Lipinski definition) is 3. The molecule has 0 amide bonds. The molecule has 168 valence electrons. The molecule has 1 saturated carbocycles. The minimum Gasteiger partial charge on any atom is -0.606 e. The van der Waals surface area contributed by atoms with E-state index >= 15 is 0 Å². The number of ether oxygens (including phenoxy) is 2. The van der Waals surface area contributed by atoms with Crippen LogP contribution in [0.1, 0.15) is 58.3 Å². The molecule has 0 bridgehead atoms. The van der Waals surface area contributed by atoms with Crippen LogP contribution in [0, 0.1) is 17.3 Å². The van der Waals surface area contributed by atoms with Crippen LogP contribution in [0.25, 0.3) is 0 Å². The molecule has 4 heteroatoms. The van der Waals surface area contributed by atoms with Crippen molar-refractivity contribution in [2.45, 2.75) is 69.0 Å². The molecule has 4 unspecified atom stereocenters. The van der Waals surface area contributed by atoms with Crippen molar-refractivity contribution in [1.82, 2.24) is 0 Å². The van der Waals surface area contributed by atoms with Crippen LogP contribution in [0.15, 0.2) is 74.7 Å². The fourth-order valence-corrected chi connectivity index (χ4v) is 7.91. The van der Waals surface area contributed by atoms with E-state index in [0.717, 1.165) is 50.2 Å². The van der Waals surface area contributed by atoms with E-state index in [1.807, 2.05) is 30.3 Å². The van der Waals surface area contributed by atoms with Gasteiger partial charge >= 0.3 is 0 Å². The minimum atomic E-state index is -1.13. The zero-order valence-corrected chi connectivity index (χ0v) is 19.7. The smallest absolute Gasteiger partial charge is 0.172 e. The normalized spacial score (nSPS) is 33.8. The number of hydrogen-bond donors (Lipinski definition) is 0. The van der Waals surface area contributed by atoms with Crippen molar-refractivity contribution < 1.29 is 14.0 Å². The van der Waals surface area contributed by atoms with Gasteiger partial charge in [-0.3, -0.25) is 0 Å². The lowest BCUT2D eigenvalue weighted by molar-refractivity contribution is -0.164. The second-order valence-electron chi connectivity index (χ2n) is 10.3. The summed E-state index contributed by atoms with van der Waals surface area (Å²) in [6, 6.07) is 9.70. The van der Waals surface area contributed by atoms with E-state index in [0.29, 0.717) is 11.8 Å². The van der Waals surface area contributed by atoms with Crippen molar-refractivity contribution in [2.24, 2.45) is 17.3 Å². The predicted molar refractivity (Wildman–Crippen MR) is 126 cm³/mol. The van der Waals surface area contributed by atoms with Gasteiger partial charge in [-0.1, -0.05) is 42.5 Å². The summed E-state index contributed by atoms with van der Waals surface area (Å²) in [6.07, 6.45) is 11.4. The van der Waals surface area contributed by atoms with E-state index in [9.17, 15) is 4.55 Å². The van der Waals surface area contributed by atoms with Crippen LogP contribution >= 0.6 is 0 Å². The number of allylic oxidation sites excluding steroid dienone is 4. The monoisotopic (exact) mass is 448 g/mol. The molecule has 2 fully saturated rings. The van der Waals surface area contributed by atoms with Crippen LogP contribution in [0.3, 0.4) is 0 Å². The summed E-state index contributed by atoms with van der Waals surface area (Å²) in [4.78, 5) is 0.850. The topological polar surface area (TPSA) is 41.5 Å². The molecule has 1 aromatic carbocycles. The maximum Gasteiger partial charge on any atom is 0.172 e. The lowest BCUT2D eigenvalue weighted by atomic mass is 9.58. The molecule has 1 saturated heterocycles. The molecule has 5 aliphatic rings. The Morgan fingerprint density at radius 3 is 2.72 bits per heavy atom. The summed E-state index contributed by atoms with van der Waals surface area (Å²) in [5, 5.41) is 1.79. The molecule has 1 spiro atoms. The lowest BCUT2D eigenvalue weighted by Gasteiger charge is -2.47. The molecule has 4 atom stereocenters. The van der Waals surface area contributed by atoms with E-state index in [4.69, 9.17) is 9.47 Å². The molecular weight excluding hydrogens is 416 g/mol. The molecule has 1 aliphatic heterocycles. The highest BCUT2D eigenvalue weighted by Gasteiger charge is 2.51. The van der Waals surface area contributed by atoms with Crippen molar-refractivity contribution in [3.05, 3.63) is 69.8 Å². The molecular formula is C28H32O3S. The van der Waals surface area contributed by atoms with Gasteiger partial charge in [-0.05, 0) is 79.2 Å². The average Bonchev–Trinajstić information content (AvgIpc) is 3.41. The molecule has 3 nitrogen and oxygen atoms in total.